The van der Waals surface area contributed by atoms with Crippen molar-refractivity contribution in [2.24, 2.45) is 5.92 Å². The molecule has 1 aromatic heterocycles. The summed E-state index contributed by atoms with van der Waals surface area (Å²) in [6.45, 7) is 5.76. The van der Waals surface area contributed by atoms with Crippen molar-refractivity contribution < 1.29 is 0 Å². The molecule has 15 heavy (non-hydrogen) atoms. The summed E-state index contributed by atoms with van der Waals surface area (Å²) in [5.41, 5.74) is 6.94. The van der Waals surface area contributed by atoms with E-state index in [1.54, 1.807) is 6.20 Å². The van der Waals surface area contributed by atoms with Crippen LogP contribution in [0.1, 0.15) is 25.3 Å². The molecular weight excluding hydrogens is 186 g/mol. The molecule has 1 aliphatic heterocycles. The second-order valence-corrected chi connectivity index (χ2v) is 4.57. The van der Waals surface area contributed by atoms with E-state index in [9.17, 15) is 0 Å². The summed E-state index contributed by atoms with van der Waals surface area (Å²) in [6, 6.07) is 4.02. The molecule has 1 atom stereocenters. The molecule has 1 aromatic rings. The van der Waals surface area contributed by atoms with E-state index in [-0.39, 0.29) is 0 Å². The molecule has 0 bridgehead atoms. The van der Waals surface area contributed by atoms with Crippen LogP contribution in [0.15, 0.2) is 18.3 Å². The van der Waals surface area contributed by atoms with Crippen LogP contribution in [-0.2, 0) is 6.54 Å². The summed E-state index contributed by atoms with van der Waals surface area (Å²) >= 11 is 0. The van der Waals surface area contributed by atoms with Crippen LogP contribution < -0.4 is 5.73 Å². The van der Waals surface area contributed by atoms with Crippen molar-refractivity contribution in [1.82, 2.24) is 9.88 Å². The minimum Gasteiger partial charge on any atom is -0.384 e. The fourth-order valence-electron chi connectivity index (χ4n) is 2.28. The van der Waals surface area contributed by atoms with E-state index >= 15 is 0 Å². The van der Waals surface area contributed by atoms with Gasteiger partial charge >= 0.3 is 0 Å². The number of hydrogen-bond acceptors (Lipinski definition) is 3. The summed E-state index contributed by atoms with van der Waals surface area (Å²) in [6.07, 6.45) is 4.48. The van der Waals surface area contributed by atoms with Crippen LogP contribution in [0.2, 0.25) is 0 Å². The van der Waals surface area contributed by atoms with Gasteiger partial charge in [0, 0.05) is 19.3 Å². The van der Waals surface area contributed by atoms with Gasteiger partial charge in [0.15, 0.2) is 0 Å². The van der Waals surface area contributed by atoms with Gasteiger partial charge in [-0.05, 0) is 43.0 Å². The lowest BCUT2D eigenvalue weighted by Crippen LogP contribution is -2.33. The molecule has 0 spiro atoms. The fraction of sp³-hybridized carbons (Fsp3) is 0.583. The monoisotopic (exact) mass is 205 g/mol. The van der Waals surface area contributed by atoms with Crippen LogP contribution in [-0.4, -0.2) is 23.0 Å². The quantitative estimate of drug-likeness (QED) is 0.801. The molecule has 1 saturated heterocycles. The number of piperidine rings is 1. The van der Waals surface area contributed by atoms with Crippen LogP contribution in [0, 0.1) is 5.92 Å². The molecule has 82 valence electrons. The maximum atomic E-state index is 5.66. The van der Waals surface area contributed by atoms with Gasteiger partial charge in [-0.15, -0.1) is 0 Å². The van der Waals surface area contributed by atoms with Crippen LogP contribution in [0.4, 0.5) is 5.82 Å². The predicted octanol–water partition coefficient (Wildman–Crippen LogP) is 1.90. The SMILES string of the molecule is CC1CCCN(Cc2ccnc(N)c2)C1. The molecule has 1 fully saturated rings. The Morgan fingerprint density at radius 1 is 1.60 bits per heavy atom. The van der Waals surface area contributed by atoms with Crippen molar-refractivity contribution in [1.29, 1.82) is 0 Å². The molecule has 0 radical (unpaired) electrons. The molecule has 3 nitrogen and oxygen atoms in total. The molecular formula is C12H19N3. The van der Waals surface area contributed by atoms with Gasteiger partial charge in [0.2, 0.25) is 0 Å². The molecule has 2 heterocycles. The van der Waals surface area contributed by atoms with Crippen LogP contribution in [0.3, 0.4) is 0 Å². The average Bonchev–Trinajstić information content (AvgIpc) is 2.17. The number of nitrogens with two attached hydrogens (primary N) is 1. The maximum Gasteiger partial charge on any atom is 0.123 e. The van der Waals surface area contributed by atoms with Crippen molar-refractivity contribution in [3.05, 3.63) is 23.9 Å². The van der Waals surface area contributed by atoms with E-state index in [1.807, 2.05) is 6.07 Å². The van der Waals surface area contributed by atoms with Crippen molar-refractivity contribution in [2.75, 3.05) is 18.8 Å². The van der Waals surface area contributed by atoms with E-state index in [0.29, 0.717) is 5.82 Å². The molecule has 3 heteroatoms. The second kappa shape index (κ2) is 4.62. The summed E-state index contributed by atoms with van der Waals surface area (Å²) in [4.78, 5) is 6.51. The highest BCUT2D eigenvalue weighted by atomic mass is 15.1. The third-order valence-electron chi connectivity index (χ3n) is 2.99. The molecule has 0 aliphatic carbocycles. The number of nitrogens with zero attached hydrogens (tertiary/aromatic N) is 2. The van der Waals surface area contributed by atoms with E-state index in [4.69, 9.17) is 5.73 Å². The first-order chi connectivity index (χ1) is 7.24. The van der Waals surface area contributed by atoms with E-state index in [2.05, 4.69) is 22.9 Å². The highest BCUT2D eigenvalue weighted by Gasteiger charge is 2.16. The van der Waals surface area contributed by atoms with Crippen molar-refractivity contribution >= 4 is 5.82 Å². The number of anilines is 1. The zero-order chi connectivity index (χ0) is 10.7. The molecule has 1 aliphatic rings. The number of aromatic nitrogens is 1. The Bertz CT molecular complexity index is 324. The summed E-state index contributed by atoms with van der Waals surface area (Å²) in [5.74, 6) is 1.45. The minimum atomic E-state index is 0.623. The largest absolute Gasteiger partial charge is 0.384 e. The third kappa shape index (κ3) is 2.93. The van der Waals surface area contributed by atoms with Crippen LogP contribution >= 0.6 is 0 Å². The molecule has 0 aromatic carbocycles. The zero-order valence-electron chi connectivity index (χ0n) is 9.32. The van der Waals surface area contributed by atoms with Crippen molar-refractivity contribution in [3.63, 3.8) is 0 Å². The molecule has 2 rings (SSSR count). The minimum absolute atomic E-state index is 0.623. The predicted molar refractivity (Wildman–Crippen MR) is 62.3 cm³/mol. The standard InChI is InChI=1S/C12H19N3/c1-10-3-2-6-15(8-10)9-11-4-5-14-12(13)7-11/h4-5,7,10H,2-3,6,8-9H2,1H3,(H2,13,14). The Morgan fingerprint density at radius 2 is 2.47 bits per heavy atom. The number of hydrogen-bond donors (Lipinski definition) is 1. The van der Waals surface area contributed by atoms with Crippen molar-refractivity contribution in [2.45, 2.75) is 26.3 Å². The average molecular weight is 205 g/mol. The molecule has 2 N–H and O–H groups in total. The Balaban J connectivity index is 1.96. The van der Waals surface area contributed by atoms with Gasteiger partial charge in [-0.1, -0.05) is 6.92 Å². The normalized spacial score (nSPS) is 22.9. The first-order valence-electron chi connectivity index (χ1n) is 5.67. The summed E-state index contributed by atoms with van der Waals surface area (Å²) < 4.78 is 0. The number of nitrogen functional groups attached to an aromatic ring is 1. The highest BCUT2D eigenvalue weighted by molar-refractivity contribution is 5.31. The number of pyridine rings is 1. The van der Waals surface area contributed by atoms with Gasteiger partial charge in [0.25, 0.3) is 0 Å². The van der Waals surface area contributed by atoms with Gasteiger partial charge < -0.3 is 5.73 Å². The number of rotatable bonds is 2. The third-order valence-corrected chi connectivity index (χ3v) is 2.99. The van der Waals surface area contributed by atoms with E-state index in [0.717, 1.165) is 12.5 Å². The maximum absolute atomic E-state index is 5.66. The fourth-order valence-corrected chi connectivity index (χ4v) is 2.28. The van der Waals surface area contributed by atoms with Crippen LogP contribution in [0.25, 0.3) is 0 Å². The molecule has 0 amide bonds. The van der Waals surface area contributed by atoms with Crippen molar-refractivity contribution in [3.8, 4) is 0 Å². The zero-order valence-corrected chi connectivity index (χ0v) is 9.32. The van der Waals surface area contributed by atoms with Gasteiger partial charge in [0.05, 0.1) is 0 Å². The Labute approximate surface area is 91.3 Å². The highest BCUT2D eigenvalue weighted by Crippen LogP contribution is 2.17. The Morgan fingerprint density at radius 3 is 3.20 bits per heavy atom. The lowest BCUT2D eigenvalue weighted by molar-refractivity contribution is 0.176. The smallest absolute Gasteiger partial charge is 0.123 e. The number of likely N-dealkylation sites (tertiary alicyclic amines) is 1. The lowest BCUT2D eigenvalue weighted by atomic mass is 10.00. The second-order valence-electron chi connectivity index (χ2n) is 4.57. The first-order valence-corrected chi connectivity index (χ1v) is 5.67. The topological polar surface area (TPSA) is 42.2 Å². The Hall–Kier alpha value is -1.09. The van der Waals surface area contributed by atoms with Crippen LogP contribution in [0.5, 0.6) is 0 Å². The molecule has 1 unspecified atom stereocenters. The van der Waals surface area contributed by atoms with Gasteiger partial charge in [0.1, 0.15) is 5.82 Å². The van der Waals surface area contributed by atoms with Gasteiger partial charge in [-0.25, -0.2) is 4.98 Å². The molecule has 0 saturated carbocycles. The first kappa shape index (κ1) is 10.4. The van der Waals surface area contributed by atoms with E-state index in [1.165, 1.54) is 31.5 Å². The summed E-state index contributed by atoms with van der Waals surface area (Å²) in [5, 5.41) is 0. The Kier molecular flexibility index (Phi) is 3.21. The van der Waals surface area contributed by atoms with Gasteiger partial charge in [-0.2, -0.15) is 0 Å². The lowest BCUT2D eigenvalue weighted by Gasteiger charge is -2.30. The summed E-state index contributed by atoms with van der Waals surface area (Å²) in [7, 11) is 0. The van der Waals surface area contributed by atoms with E-state index < -0.39 is 0 Å². The van der Waals surface area contributed by atoms with Gasteiger partial charge in [-0.3, -0.25) is 4.90 Å².